The third-order valence-electron chi connectivity index (χ3n) is 3.30. The van der Waals surface area contributed by atoms with Crippen LogP contribution >= 0.6 is 0 Å². The van der Waals surface area contributed by atoms with E-state index in [2.05, 4.69) is 6.58 Å². The fraction of sp³-hybridized carbons (Fsp3) is 0.429. The van der Waals surface area contributed by atoms with Crippen LogP contribution in [-0.4, -0.2) is 36.5 Å². The first-order chi connectivity index (χ1) is 9.60. The van der Waals surface area contributed by atoms with Gasteiger partial charge in [-0.1, -0.05) is 6.08 Å². The number of ether oxygens (including phenoxy) is 2. The molecule has 1 aliphatic rings. The first-order valence-electron chi connectivity index (χ1n) is 6.30. The molecule has 0 radical (unpaired) electrons. The first-order valence-corrected chi connectivity index (χ1v) is 6.30. The Labute approximate surface area is 116 Å². The molecular weight excluding hydrogens is 262 g/mol. The second kappa shape index (κ2) is 6.02. The molecule has 1 fully saturated rings. The summed E-state index contributed by atoms with van der Waals surface area (Å²) in [7, 11) is 0. The molecule has 0 spiro atoms. The Morgan fingerprint density at radius 3 is 2.80 bits per heavy atom. The van der Waals surface area contributed by atoms with Crippen LogP contribution in [0.15, 0.2) is 30.9 Å². The highest BCUT2D eigenvalue weighted by Crippen LogP contribution is 2.30. The SMILES string of the molecule is C=CCc1cc([N+](=O)[O-])ccc1OCC1(CO)COC1. The Bertz CT molecular complexity index is 505. The Kier molecular flexibility index (Phi) is 4.36. The number of benzene rings is 1. The van der Waals surface area contributed by atoms with Crippen molar-refractivity contribution in [2.75, 3.05) is 26.4 Å². The van der Waals surface area contributed by atoms with Gasteiger partial charge < -0.3 is 14.6 Å². The summed E-state index contributed by atoms with van der Waals surface area (Å²) in [6.45, 7) is 4.89. The maximum absolute atomic E-state index is 10.8. The van der Waals surface area contributed by atoms with Crippen LogP contribution in [0.3, 0.4) is 0 Å². The largest absolute Gasteiger partial charge is 0.492 e. The Hall–Kier alpha value is -1.92. The van der Waals surface area contributed by atoms with Gasteiger partial charge in [-0.2, -0.15) is 0 Å². The summed E-state index contributed by atoms with van der Waals surface area (Å²) < 4.78 is 10.8. The van der Waals surface area contributed by atoms with Gasteiger partial charge in [0.05, 0.1) is 30.2 Å². The van der Waals surface area contributed by atoms with Crippen LogP contribution < -0.4 is 4.74 Å². The highest BCUT2D eigenvalue weighted by Gasteiger charge is 2.39. The summed E-state index contributed by atoms with van der Waals surface area (Å²) in [5.41, 5.74) is 0.383. The van der Waals surface area contributed by atoms with Crippen LogP contribution in [-0.2, 0) is 11.2 Å². The molecule has 0 aromatic heterocycles. The lowest BCUT2D eigenvalue weighted by atomic mass is 9.88. The lowest BCUT2D eigenvalue weighted by Crippen LogP contribution is -2.50. The van der Waals surface area contributed by atoms with Gasteiger partial charge >= 0.3 is 0 Å². The van der Waals surface area contributed by atoms with Crippen molar-refractivity contribution >= 4 is 5.69 Å². The van der Waals surface area contributed by atoms with E-state index in [1.807, 2.05) is 0 Å². The predicted molar refractivity (Wildman–Crippen MR) is 72.8 cm³/mol. The molecule has 0 unspecified atom stereocenters. The molecular formula is C14H17NO5. The monoisotopic (exact) mass is 279 g/mol. The van der Waals surface area contributed by atoms with Gasteiger partial charge in [-0.25, -0.2) is 0 Å². The standard InChI is InChI=1S/C14H17NO5/c1-2-3-11-6-12(15(17)18)4-5-13(11)20-10-14(7-16)8-19-9-14/h2,4-6,16H,1,3,7-10H2. The molecule has 0 aliphatic carbocycles. The number of hydrogen-bond donors (Lipinski definition) is 1. The quantitative estimate of drug-likeness (QED) is 0.467. The van der Waals surface area contributed by atoms with Gasteiger partial charge in [0.1, 0.15) is 12.4 Å². The lowest BCUT2D eigenvalue weighted by molar-refractivity contribution is -0.384. The van der Waals surface area contributed by atoms with Crippen molar-refractivity contribution < 1.29 is 19.5 Å². The summed E-state index contributed by atoms with van der Waals surface area (Å²) in [4.78, 5) is 10.3. The molecule has 2 rings (SSSR count). The number of nitro benzene ring substituents is 1. The van der Waals surface area contributed by atoms with Crippen molar-refractivity contribution in [2.45, 2.75) is 6.42 Å². The van der Waals surface area contributed by atoms with E-state index in [4.69, 9.17) is 9.47 Å². The zero-order chi connectivity index (χ0) is 14.6. The molecule has 1 aliphatic heterocycles. The van der Waals surface area contributed by atoms with Gasteiger partial charge in [-0.3, -0.25) is 10.1 Å². The maximum atomic E-state index is 10.8. The van der Waals surface area contributed by atoms with Gasteiger partial charge in [-0.15, -0.1) is 6.58 Å². The molecule has 1 saturated heterocycles. The lowest BCUT2D eigenvalue weighted by Gasteiger charge is -2.39. The van der Waals surface area contributed by atoms with E-state index in [1.54, 1.807) is 12.1 Å². The average Bonchev–Trinajstić information content (AvgIpc) is 2.39. The highest BCUT2D eigenvalue weighted by atomic mass is 16.6. The van der Waals surface area contributed by atoms with Gasteiger partial charge in [0.15, 0.2) is 0 Å². The summed E-state index contributed by atoms with van der Waals surface area (Å²) in [5.74, 6) is 0.579. The average molecular weight is 279 g/mol. The molecule has 0 saturated carbocycles. The van der Waals surface area contributed by atoms with Crippen LogP contribution in [0.4, 0.5) is 5.69 Å². The van der Waals surface area contributed by atoms with Crippen LogP contribution in [0.1, 0.15) is 5.56 Å². The molecule has 6 nitrogen and oxygen atoms in total. The van der Waals surface area contributed by atoms with Crippen molar-refractivity contribution in [3.8, 4) is 5.75 Å². The summed E-state index contributed by atoms with van der Waals surface area (Å²) >= 11 is 0. The molecule has 0 bridgehead atoms. The number of aliphatic hydroxyl groups is 1. The third kappa shape index (κ3) is 2.97. The van der Waals surface area contributed by atoms with E-state index < -0.39 is 4.92 Å². The predicted octanol–water partition coefficient (Wildman–Crippen LogP) is 1.71. The Morgan fingerprint density at radius 2 is 2.30 bits per heavy atom. The molecule has 1 N–H and O–H groups in total. The van der Waals surface area contributed by atoms with Crippen LogP contribution in [0.2, 0.25) is 0 Å². The van der Waals surface area contributed by atoms with Gasteiger partial charge in [0, 0.05) is 17.7 Å². The fourth-order valence-electron chi connectivity index (χ4n) is 1.98. The summed E-state index contributed by atoms with van der Waals surface area (Å²) in [6, 6.07) is 4.48. The van der Waals surface area contributed by atoms with Crippen molar-refractivity contribution in [3.63, 3.8) is 0 Å². The summed E-state index contributed by atoms with van der Waals surface area (Å²) in [5, 5.41) is 20.1. The molecule has 0 atom stereocenters. The molecule has 20 heavy (non-hydrogen) atoms. The number of nitro groups is 1. The minimum absolute atomic E-state index is 0.00320. The number of allylic oxidation sites excluding steroid dienone is 1. The minimum atomic E-state index is -0.439. The third-order valence-corrected chi connectivity index (χ3v) is 3.30. The zero-order valence-electron chi connectivity index (χ0n) is 11.1. The van der Waals surface area contributed by atoms with Crippen LogP contribution in [0.5, 0.6) is 5.75 Å². The zero-order valence-corrected chi connectivity index (χ0v) is 11.1. The fourth-order valence-corrected chi connectivity index (χ4v) is 1.98. The van der Waals surface area contributed by atoms with Gasteiger partial charge in [0.25, 0.3) is 5.69 Å². The van der Waals surface area contributed by atoms with Crippen LogP contribution in [0.25, 0.3) is 0 Å². The van der Waals surface area contributed by atoms with E-state index >= 15 is 0 Å². The van der Waals surface area contributed by atoms with Crippen molar-refractivity contribution in [3.05, 3.63) is 46.5 Å². The van der Waals surface area contributed by atoms with E-state index in [0.29, 0.717) is 37.6 Å². The molecule has 108 valence electrons. The highest BCUT2D eigenvalue weighted by molar-refractivity contribution is 5.44. The Balaban J connectivity index is 2.13. The van der Waals surface area contributed by atoms with E-state index in [-0.39, 0.29) is 17.7 Å². The topological polar surface area (TPSA) is 81.8 Å². The van der Waals surface area contributed by atoms with E-state index in [9.17, 15) is 15.2 Å². The second-order valence-corrected chi connectivity index (χ2v) is 4.98. The molecule has 0 amide bonds. The second-order valence-electron chi connectivity index (χ2n) is 4.98. The number of aliphatic hydroxyl groups excluding tert-OH is 1. The minimum Gasteiger partial charge on any atom is -0.492 e. The first kappa shape index (κ1) is 14.5. The van der Waals surface area contributed by atoms with Crippen LogP contribution in [0, 0.1) is 15.5 Å². The van der Waals surface area contributed by atoms with Crippen molar-refractivity contribution in [2.24, 2.45) is 5.41 Å². The molecule has 1 aromatic rings. The number of non-ortho nitro benzene ring substituents is 1. The number of hydrogen-bond acceptors (Lipinski definition) is 5. The maximum Gasteiger partial charge on any atom is 0.269 e. The summed E-state index contributed by atoms with van der Waals surface area (Å²) in [6.07, 6.45) is 2.15. The van der Waals surface area contributed by atoms with E-state index in [0.717, 1.165) is 0 Å². The van der Waals surface area contributed by atoms with E-state index in [1.165, 1.54) is 12.1 Å². The number of rotatable bonds is 7. The normalized spacial score (nSPS) is 16.2. The number of nitrogens with zero attached hydrogens (tertiary/aromatic N) is 1. The van der Waals surface area contributed by atoms with Crippen molar-refractivity contribution in [1.29, 1.82) is 0 Å². The molecule has 1 aromatic carbocycles. The van der Waals surface area contributed by atoms with Gasteiger partial charge in [0.2, 0.25) is 0 Å². The molecule has 6 heteroatoms. The van der Waals surface area contributed by atoms with Crippen molar-refractivity contribution in [1.82, 2.24) is 0 Å². The van der Waals surface area contributed by atoms with Gasteiger partial charge in [-0.05, 0) is 12.5 Å². The smallest absolute Gasteiger partial charge is 0.269 e. The Morgan fingerprint density at radius 1 is 1.55 bits per heavy atom. The molecule has 1 heterocycles.